The third kappa shape index (κ3) is 5.53. The maximum absolute atomic E-state index is 11.4. The van der Waals surface area contributed by atoms with Gasteiger partial charge in [-0.2, -0.15) is 0 Å². The Morgan fingerprint density at radius 3 is 2.47 bits per heavy atom. The van der Waals surface area contributed by atoms with Gasteiger partial charge in [0.1, 0.15) is 0 Å². The largest absolute Gasteiger partial charge is 0.466 e. The van der Waals surface area contributed by atoms with Gasteiger partial charge in [0.25, 0.3) is 11.1 Å². The van der Waals surface area contributed by atoms with Crippen molar-refractivity contribution in [2.24, 2.45) is 0 Å². The molecular formula is C11H15NO4S. The summed E-state index contributed by atoms with van der Waals surface area (Å²) >= 11 is 1.15. The van der Waals surface area contributed by atoms with Gasteiger partial charge in [0.2, 0.25) is 0 Å². The van der Waals surface area contributed by atoms with E-state index in [2.05, 4.69) is 10.1 Å². The molecule has 0 aromatic carbocycles. The van der Waals surface area contributed by atoms with Crippen LogP contribution >= 0.6 is 11.8 Å². The molecule has 0 unspecified atom stereocenters. The summed E-state index contributed by atoms with van der Waals surface area (Å²) in [4.78, 5) is 33.3. The lowest BCUT2D eigenvalue weighted by Gasteiger charge is -2.06. The quantitative estimate of drug-likeness (QED) is 0.614. The minimum Gasteiger partial charge on any atom is -0.466 e. The highest BCUT2D eigenvalue weighted by Gasteiger charge is 2.19. The molecular weight excluding hydrogens is 242 g/mol. The van der Waals surface area contributed by atoms with Crippen molar-refractivity contribution in [1.29, 1.82) is 0 Å². The SMILES string of the molecule is COC(=O)/C=C/C(=O)NC(=O)SC1CCCC1. The Balaban J connectivity index is 2.27. The van der Waals surface area contributed by atoms with E-state index in [-0.39, 0.29) is 5.24 Å². The summed E-state index contributed by atoms with van der Waals surface area (Å²) in [7, 11) is 1.21. The molecule has 94 valence electrons. The molecule has 5 nitrogen and oxygen atoms in total. The van der Waals surface area contributed by atoms with Crippen molar-refractivity contribution < 1.29 is 19.1 Å². The Morgan fingerprint density at radius 1 is 1.24 bits per heavy atom. The summed E-state index contributed by atoms with van der Waals surface area (Å²) in [6.07, 6.45) is 6.28. The van der Waals surface area contributed by atoms with Crippen molar-refractivity contribution in [2.45, 2.75) is 30.9 Å². The highest BCUT2D eigenvalue weighted by molar-refractivity contribution is 8.14. The molecule has 1 fully saturated rings. The molecule has 6 heteroatoms. The third-order valence-electron chi connectivity index (χ3n) is 2.37. The Labute approximate surface area is 104 Å². The van der Waals surface area contributed by atoms with E-state index >= 15 is 0 Å². The highest BCUT2D eigenvalue weighted by atomic mass is 32.2. The van der Waals surface area contributed by atoms with Crippen molar-refractivity contribution in [3.63, 3.8) is 0 Å². The molecule has 0 radical (unpaired) electrons. The molecule has 1 rings (SSSR count). The molecule has 0 aromatic rings. The van der Waals surface area contributed by atoms with E-state index in [1.54, 1.807) is 0 Å². The van der Waals surface area contributed by atoms with E-state index in [9.17, 15) is 14.4 Å². The number of esters is 1. The summed E-state index contributed by atoms with van der Waals surface area (Å²) in [5.74, 6) is -1.23. The fourth-order valence-corrected chi connectivity index (χ4v) is 2.57. The van der Waals surface area contributed by atoms with Gasteiger partial charge in [0.15, 0.2) is 0 Å². The lowest BCUT2D eigenvalue weighted by atomic mass is 10.4. The van der Waals surface area contributed by atoms with E-state index in [1.807, 2.05) is 0 Å². The topological polar surface area (TPSA) is 72.5 Å². The first-order valence-electron chi connectivity index (χ1n) is 5.39. The molecule has 0 aliphatic heterocycles. The second kappa shape index (κ2) is 7.11. The first kappa shape index (κ1) is 13.8. The maximum atomic E-state index is 11.4. The van der Waals surface area contributed by atoms with Crippen LogP contribution in [0, 0.1) is 0 Å². The number of amides is 2. The van der Waals surface area contributed by atoms with Crippen molar-refractivity contribution in [3.8, 4) is 0 Å². The molecule has 0 saturated heterocycles. The summed E-state index contributed by atoms with van der Waals surface area (Å²) in [5, 5.41) is 2.12. The molecule has 17 heavy (non-hydrogen) atoms. The van der Waals surface area contributed by atoms with Crippen LogP contribution < -0.4 is 5.32 Å². The maximum Gasteiger partial charge on any atom is 0.330 e. The summed E-state index contributed by atoms with van der Waals surface area (Å²) in [6, 6.07) is 0. The molecule has 0 aromatic heterocycles. The monoisotopic (exact) mass is 257 g/mol. The summed E-state index contributed by atoms with van der Waals surface area (Å²) < 4.78 is 4.32. The number of imide groups is 1. The minimum atomic E-state index is -0.629. The van der Waals surface area contributed by atoms with Gasteiger partial charge in [-0.25, -0.2) is 4.79 Å². The van der Waals surface area contributed by atoms with Gasteiger partial charge >= 0.3 is 5.97 Å². The van der Waals surface area contributed by atoms with Gasteiger partial charge < -0.3 is 4.74 Å². The van der Waals surface area contributed by atoms with E-state index in [1.165, 1.54) is 7.11 Å². The van der Waals surface area contributed by atoms with Crippen LogP contribution in [0.25, 0.3) is 0 Å². The number of carbonyl (C=O) groups excluding carboxylic acids is 3. The average molecular weight is 257 g/mol. The first-order chi connectivity index (χ1) is 8.11. The van der Waals surface area contributed by atoms with Crippen molar-refractivity contribution in [2.75, 3.05) is 7.11 Å². The predicted octanol–water partition coefficient (Wildman–Crippen LogP) is 1.63. The zero-order valence-electron chi connectivity index (χ0n) is 9.60. The van der Waals surface area contributed by atoms with Gasteiger partial charge in [-0.05, 0) is 12.8 Å². The molecule has 0 atom stereocenters. The highest BCUT2D eigenvalue weighted by Crippen LogP contribution is 2.29. The zero-order valence-corrected chi connectivity index (χ0v) is 10.4. The summed E-state index contributed by atoms with van der Waals surface area (Å²) in [6.45, 7) is 0. The molecule has 1 saturated carbocycles. The number of methoxy groups -OCH3 is 1. The fourth-order valence-electron chi connectivity index (χ4n) is 1.54. The normalized spacial score (nSPS) is 16.1. The van der Waals surface area contributed by atoms with Crippen LogP contribution in [0.3, 0.4) is 0 Å². The van der Waals surface area contributed by atoms with Crippen LogP contribution in [-0.2, 0) is 14.3 Å². The first-order valence-corrected chi connectivity index (χ1v) is 6.27. The van der Waals surface area contributed by atoms with E-state index in [4.69, 9.17) is 0 Å². The second-order valence-electron chi connectivity index (χ2n) is 3.66. The number of rotatable bonds is 3. The van der Waals surface area contributed by atoms with Crippen molar-refractivity contribution in [3.05, 3.63) is 12.2 Å². The number of ether oxygens (including phenoxy) is 1. The van der Waals surface area contributed by atoms with Crippen LogP contribution in [0.15, 0.2) is 12.2 Å². The Hall–Kier alpha value is -1.30. The second-order valence-corrected chi connectivity index (χ2v) is 4.93. The molecule has 1 aliphatic rings. The Bertz CT molecular complexity index is 334. The van der Waals surface area contributed by atoms with Crippen LogP contribution in [-0.4, -0.2) is 29.5 Å². The van der Waals surface area contributed by atoms with Gasteiger partial charge in [0, 0.05) is 17.4 Å². The Kier molecular flexibility index (Phi) is 5.76. The number of carbonyl (C=O) groups is 3. The van der Waals surface area contributed by atoms with Crippen LogP contribution in [0.1, 0.15) is 25.7 Å². The van der Waals surface area contributed by atoms with Crippen LogP contribution in [0.2, 0.25) is 0 Å². The standard InChI is InChI=1S/C11H15NO4S/c1-16-10(14)7-6-9(13)12-11(15)17-8-4-2-3-5-8/h6-8H,2-5H2,1H3,(H,12,13,15)/b7-6+. The van der Waals surface area contributed by atoms with E-state index < -0.39 is 11.9 Å². The lowest BCUT2D eigenvalue weighted by molar-refractivity contribution is -0.135. The van der Waals surface area contributed by atoms with Gasteiger partial charge in [-0.15, -0.1) is 0 Å². The van der Waals surface area contributed by atoms with E-state index in [0.29, 0.717) is 5.25 Å². The molecule has 0 heterocycles. The average Bonchev–Trinajstić information content (AvgIpc) is 2.78. The number of hydrogen-bond donors (Lipinski definition) is 1. The molecule has 0 bridgehead atoms. The molecule has 2 amide bonds. The number of thioether (sulfide) groups is 1. The predicted molar refractivity (Wildman–Crippen MR) is 64.5 cm³/mol. The van der Waals surface area contributed by atoms with Gasteiger partial charge in [-0.3, -0.25) is 14.9 Å². The minimum absolute atomic E-state index is 0.312. The smallest absolute Gasteiger partial charge is 0.330 e. The third-order valence-corrected chi connectivity index (χ3v) is 3.49. The number of hydrogen-bond acceptors (Lipinski definition) is 5. The van der Waals surface area contributed by atoms with Crippen LogP contribution in [0.4, 0.5) is 4.79 Å². The van der Waals surface area contributed by atoms with Crippen LogP contribution in [0.5, 0.6) is 0 Å². The molecule has 1 aliphatic carbocycles. The fraction of sp³-hybridized carbons (Fsp3) is 0.545. The van der Waals surface area contributed by atoms with Gasteiger partial charge in [0.05, 0.1) is 7.11 Å². The lowest BCUT2D eigenvalue weighted by Crippen LogP contribution is -2.26. The van der Waals surface area contributed by atoms with Crippen molar-refractivity contribution >= 4 is 28.9 Å². The van der Waals surface area contributed by atoms with E-state index in [0.717, 1.165) is 49.6 Å². The molecule has 0 spiro atoms. The van der Waals surface area contributed by atoms with Gasteiger partial charge in [-0.1, -0.05) is 24.6 Å². The molecule has 1 N–H and O–H groups in total. The van der Waals surface area contributed by atoms with Crippen molar-refractivity contribution in [1.82, 2.24) is 5.32 Å². The zero-order chi connectivity index (χ0) is 12.7. The Morgan fingerprint density at radius 2 is 1.88 bits per heavy atom. The summed E-state index contributed by atoms with van der Waals surface area (Å²) in [5.41, 5.74) is 0. The number of nitrogens with one attached hydrogen (secondary N) is 1.